The van der Waals surface area contributed by atoms with E-state index in [1.807, 2.05) is 4.57 Å². The van der Waals surface area contributed by atoms with Crippen LogP contribution in [0.3, 0.4) is 0 Å². The van der Waals surface area contributed by atoms with Crippen LogP contribution in [0.15, 0.2) is 127 Å². The number of halogens is 6. The van der Waals surface area contributed by atoms with Gasteiger partial charge in [0, 0.05) is 38.4 Å². The van der Waals surface area contributed by atoms with E-state index in [1.165, 1.54) is 18.2 Å². The van der Waals surface area contributed by atoms with Crippen LogP contribution in [0.5, 0.6) is 0 Å². The van der Waals surface area contributed by atoms with Crippen molar-refractivity contribution in [2.24, 2.45) is 0 Å². The van der Waals surface area contributed by atoms with Crippen LogP contribution < -0.4 is 0 Å². The standard InChI is InChI=1S/C49H21F6N7/c50-48(51,52)33-7-9-35(42(20-33)49(53,54)55)31-6-14-47(62-45-12-3-29(24-58)17-39(45)40-18-30(25-59)4-13-46(40)62)41(19-31)36-21-34(8-5-32(36)26-60)61-43-10-1-27(22-56)15-37(43)38-16-28(23-57)2-11-44(38)61/h1-21H. The number of nitriles is 5. The Balaban J connectivity index is 1.39. The van der Waals surface area contributed by atoms with Gasteiger partial charge in [-0.05, 0) is 126 Å². The molecule has 0 spiro atoms. The molecule has 0 atom stereocenters. The molecule has 0 saturated carbocycles. The molecule has 0 radical (unpaired) electrons. The van der Waals surface area contributed by atoms with E-state index in [4.69, 9.17) is 0 Å². The molecule has 0 aliphatic carbocycles. The molecule has 13 heteroatoms. The number of benzene rings is 7. The highest BCUT2D eigenvalue weighted by Crippen LogP contribution is 2.45. The molecule has 9 aromatic rings. The second-order valence-electron chi connectivity index (χ2n) is 14.4. The zero-order valence-electron chi connectivity index (χ0n) is 31.5. The minimum atomic E-state index is -5.19. The van der Waals surface area contributed by atoms with Crippen LogP contribution >= 0.6 is 0 Å². The van der Waals surface area contributed by atoms with Crippen LogP contribution in [0.4, 0.5) is 26.3 Å². The van der Waals surface area contributed by atoms with Gasteiger partial charge >= 0.3 is 12.4 Å². The van der Waals surface area contributed by atoms with Gasteiger partial charge in [0.1, 0.15) is 0 Å². The summed E-state index contributed by atoms with van der Waals surface area (Å²) in [6.07, 6.45) is -10.2. The highest BCUT2D eigenvalue weighted by atomic mass is 19.4. The molecule has 2 heterocycles. The third-order valence-electron chi connectivity index (χ3n) is 10.9. The molecule has 7 nitrogen and oxygen atoms in total. The minimum absolute atomic E-state index is 0.0779. The molecule has 0 fully saturated rings. The first-order valence-corrected chi connectivity index (χ1v) is 18.5. The zero-order chi connectivity index (χ0) is 43.7. The van der Waals surface area contributed by atoms with E-state index < -0.39 is 29.0 Å². The molecule has 0 saturated heterocycles. The van der Waals surface area contributed by atoms with Crippen molar-refractivity contribution in [1.29, 1.82) is 26.3 Å². The van der Waals surface area contributed by atoms with Crippen LogP contribution in [0.1, 0.15) is 38.9 Å². The Bertz CT molecular complexity index is 3490. The van der Waals surface area contributed by atoms with E-state index in [0.29, 0.717) is 83.3 Å². The predicted molar refractivity (Wildman–Crippen MR) is 220 cm³/mol. The van der Waals surface area contributed by atoms with Gasteiger partial charge in [-0.2, -0.15) is 52.7 Å². The number of hydrogen-bond donors (Lipinski definition) is 0. The van der Waals surface area contributed by atoms with Crippen molar-refractivity contribution in [3.63, 3.8) is 0 Å². The third-order valence-corrected chi connectivity index (χ3v) is 10.9. The van der Waals surface area contributed by atoms with Gasteiger partial charge in [0.2, 0.25) is 0 Å². The van der Waals surface area contributed by atoms with Crippen LogP contribution in [-0.4, -0.2) is 9.13 Å². The second-order valence-corrected chi connectivity index (χ2v) is 14.4. The molecular weight excluding hydrogens is 801 g/mol. The highest BCUT2D eigenvalue weighted by molar-refractivity contribution is 6.12. The number of hydrogen-bond acceptors (Lipinski definition) is 5. The van der Waals surface area contributed by atoms with Gasteiger partial charge in [-0.25, -0.2) is 0 Å². The lowest BCUT2D eigenvalue weighted by molar-refractivity contribution is -0.142. The average molecular weight is 822 g/mol. The molecule has 9 rings (SSSR count). The Morgan fingerprint density at radius 2 is 0.871 bits per heavy atom. The van der Waals surface area contributed by atoms with E-state index in [0.717, 1.165) is 6.07 Å². The summed E-state index contributed by atoms with van der Waals surface area (Å²) in [6.45, 7) is 0. The normalized spacial score (nSPS) is 11.6. The molecule has 0 unspecified atom stereocenters. The van der Waals surface area contributed by atoms with Gasteiger partial charge in [-0.3, -0.25) is 0 Å². The molecule has 0 bridgehead atoms. The van der Waals surface area contributed by atoms with E-state index in [1.54, 1.807) is 95.6 Å². The summed E-state index contributed by atoms with van der Waals surface area (Å²) in [5, 5.41) is 52.2. The summed E-state index contributed by atoms with van der Waals surface area (Å²) in [7, 11) is 0. The molecule has 0 N–H and O–H groups in total. The quantitative estimate of drug-likeness (QED) is 0.163. The van der Waals surface area contributed by atoms with E-state index in [9.17, 15) is 52.7 Å². The maximum Gasteiger partial charge on any atom is 0.417 e. The van der Waals surface area contributed by atoms with Gasteiger partial charge in [0.15, 0.2) is 0 Å². The Kier molecular flexibility index (Phi) is 8.84. The SMILES string of the molecule is N#Cc1ccc2c(c1)c1cc(C#N)ccc1n2-c1ccc(C#N)c(-c2cc(-c3ccc(C(F)(F)F)cc3C(F)(F)F)ccc2-n2c3ccc(C#N)cc3c3cc(C#N)ccc32)c1. The fourth-order valence-corrected chi connectivity index (χ4v) is 8.18. The Labute approximate surface area is 347 Å². The molecule has 0 aliphatic heterocycles. The topological polar surface area (TPSA) is 129 Å². The van der Waals surface area contributed by atoms with Gasteiger partial charge in [-0.1, -0.05) is 12.1 Å². The van der Waals surface area contributed by atoms with Crippen molar-refractivity contribution in [3.8, 4) is 64.0 Å². The summed E-state index contributed by atoms with van der Waals surface area (Å²) in [5.41, 5.74) is 1.59. The third kappa shape index (κ3) is 6.20. The predicted octanol–water partition coefficient (Wildman–Crippen LogP) is 12.6. The number of rotatable bonds is 4. The molecule has 2 aromatic heterocycles. The Hall–Kier alpha value is -8.83. The Morgan fingerprint density at radius 3 is 1.31 bits per heavy atom. The van der Waals surface area contributed by atoms with Gasteiger partial charge < -0.3 is 9.13 Å². The number of nitrogens with zero attached hydrogens (tertiary/aromatic N) is 7. The van der Waals surface area contributed by atoms with Gasteiger partial charge in [0.05, 0.1) is 97.0 Å². The summed E-state index contributed by atoms with van der Waals surface area (Å²) in [4.78, 5) is 0. The number of fused-ring (bicyclic) bond motifs is 6. The minimum Gasteiger partial charge on any atom is -0.309 e. The van der Waals surface area contributed by atoms with Crippen molar-refractivity contribution < 1.29 is 26.3 Å². The maximum atomic E-state index is 14.7. The lowest BCUT2D eigenvalue weighted by Gasteiger charge is -2.20. The van der Waals surface area contributed by atoms with Crippen molar-refractivity contribution in [2.75, 3.05) is 0 Å². The molecular formula is C49H21F6N7. The average Bonchev–Trinajstić information content (AvgIpc) is 3.78. The van der Waals surface area contributed by atoms with Crippen molar-refractivity contribution >= 4 is 43.6 Å². The van der Waals surface area contributed by atoms with Crippen LogP contribution in [0.25, 0.3) is 77.2 Å². The van der Waals surface area contributed by atoms with Gasteiger partial charge in [0.25, 0.3) is 0 Å². The van der Waals surface area contributed by atoms with E-state index >= 15 is 0 Å². The van der Waals surface area contributed by atoms with Crippen molar-refractivity contribution in [1.82, 2.24) is 9.13 Å². The molecule has 62 heavy (non-hydrogen) atoms. The first-order valence-electron chi connectivity index (χ1n) is 18.5. The monoisotopic (exact) mass is 821 g/mol. The lowest BCUT2D eigenvalue weighted by Crippen LogP contribution is -2.12. The molecule has 7 aromatic carbocycles. The summed E-state index contributed by atoms with van der Waals surface area (Å²) in [5.74, 6) is 0. The van der Waals surface area contributed by atoms with Crippen LogP contribution in [0, 0.1) is 56.7 Å². The summed E-state index contributed by atoms with van der Waals surface area (Å²) < 4.78 is 89.0. The molecule has 0 amide bonds. The van der Waals surface area contributed by atoms with E-state index in [-0.39, 0.29) is 28.3 Å². The van der Waals surface area contributed by atoms with E-state index in [2.05, 4.69) is 30.3 Å². The molecule has 294 valence electrons. The van der Waals surface area contributed by atoms with Crippen LogP contribution in [0.2, 0.25) is 0 Å². The lowest BCUT2D eigenvalue weighted by atomic mass is 9.91. The van der Waals surface area contributed by atoms with Gasteiger partial charge in [-0.15, -0.1) is 0 Å². The summed E-state index contributed by atoms with van der Waals surface area (Å²) in [6, 6.07) is 41.4. The molecule has 0 aliphatic rings. The number of aromatic nitrogens is 2. The van der Waals surface area contributed by atoms with Crippen molar-refractivity contribution in [2.45, 2.75) is 12.4 Å². The highest BCUT2D eigenvalue weighted by Gasteiger charge is 2.38. The summed E-state index contributed by atoms with van der Waals surface area (Å²) >= 11 is 0. The largest absolute Gasteiger partial charge is 0.417 e. The fraction of sp³-hybridized carbons (Fsp3) is 0.0408. The second kappa shape index (κ2) is 14.2. The van der Waals surface area contributed by atoms with Crippen molar-refractivity contribution in [3.05, 3.63) is 166 Å². The fourth-order valence-electron chi connectivity index (χ4n) is 8.18. The van der Waals surface area contributed by atoms with Crippen LogP contribution in [-0.2, 0) is 12.4 Å². The first-order chi connectivity index (χ1) is 29.8. The first kappa shape index (κ1) is 38.7. The Morgan fingerprint density at radius 1 is 0.387 bits per heavy atom. The number of alkyl halides is 6. The maximum absolute atomic E-state index is 14.7. The zero-order valence-corrected chi connectivity index (χ0v) is 31.5. The smallest absolute Gasteiger partial charge is 0.309 e.